The van der Waals surface area contributed by atoms with Crippen LogP contribution in [0.4, 0.5) is 0 Å². The van der Waals surface area contributed by atoms with Crippen molar-refractivity contribution < 1.29 is 9.47 Å². The predicted octanol–water partition coefficient (Wildman–Crippen LogP) is 5.17. The molecule has 0 heterocycles. The first-order chi connectivity index (χ1) is 9.22. The van der Waals surface area contributed by atoms with E-state index in [2.05, 4.69) is 15.9 Å². The van der Waals surface area contributed by atoms with Crippen molar-refractivity contribution in [3.63, 3.8) is 0 Å². The second-order valence-corrected chi connectivity index (χ2v) is 5.07. The molecule has 4 heteroatoms. The van der Waals surface area contributed by atoms with Gasteiger partial charge < -0.3 is 9.47 Å². The van der Waals surface area contributed by atoms with Crippen LogP contribution in [-0.2, 0) is 16.7 Å². The Hall–Kier alpha value is -1.03. The standard InChI is InChI=1S/C15H14BrClO2/c1-18-10-11-3-2-4-14(7-11)19-15-6-5-13(17)8-12(15)9-16/h2-8H,9-10H2,1H3. The van der Waals surface area contributed by atoms with Gasteiger partial charge >= 0.3 is 0 Å². The van der Waals surface area contributed by atoms with Gasteiger partial charge in [0.05, 0.1) is 6.61 Å². The van der Waals surface area contributed by atoms with Crippen LogP contribution < -0.4 is 4.74 Å². The molecule has 0 saturated carbocycles. The summed E-state index contributed by atoms with van der Waals surface area (Å²) in [7, 11) is 1.68. The maximum atomic E-state index is 5.97. The van der Waals surface area contributed by atoms with Crippen LogP contribution in [0.25, 0.3) is 0 Å². The van der Waals surface area contributed by atoms with E-state index in [-0.39, 0.29) is 0 Å². The highest BCUT2D eigenvalue weighted by Crippen LogP contribution is 2.29. The highest BCUT2D eigenvalue weighted by atomic mass is 79.9. The molecule has 2 aromatic carbocycles. The maximum Gasteiger partial charge on any atom is 0.131 e. The van der Waals surface area contributed by atoms with Crippen molar-refractivity contribution in [3.8, 4) is 11.5 Å². The van der Waals surface area contributed by atoms with Crippen LogP contribution in [0.2, 0.25) is 5.02 Å². The molecule has 0 bridgehead atoms. The molecule has 0 unspecified atom stereocenters. The van der Waals surface area contributed by atoms with E-state index in [1.807, 2.05) is 42.5 Å². The zero-order valence-corrected chi connectivity index (χ0v) is 12.9. The summed E-state index contributed by atoms with van der Waals surface area (Å²) < 4.78 is 11.0. The fourth-order valence-electron chi connectivity index (χ4n) is 1.74. The zero-order valence-electron chi connectivity index (χ0n) is 10.5. The van der Waals surface area contributed by atoms with E-state index in [4.69, 9.17) is 21.1 Å². The second-order valence-electron chi connectivity index (χ2n) is 4.07. The zero-order chi connectivity index (χ0) is 13.7. The molecule has 2 aromatic rings. The van der Waals surface area contributed by atoms with Gasteiger partial charge in [0.15, 0.2) is 0 Å². The number of alkyl halides is 1. The third kappa shape index (κ3) is 3.96. The Morgan fingerprint density at radius 3 is 2.74 bits per heavy atom. The monoisotopic (exact) mass is 340 g/mol. The summed E-state index contributed by atoms with van der Waals surface area (Å²) in [5, 5.41) is 1.40. The first-order valence-corrected chi connectivity index (χ1v) is 7.33. The summed E-state index contributed by atoms with van der Waals surface area (Å²) in [6.45, 7) is 0.573. The molecule has 0 saturated heterocycles. The van der Waals surface area contributed by atoms with Crippen LogP contribution in [0.5, 0.6) is 11.5 Å². The number of methoxy groups -OCH3 is 1. The molecular formula is C15H14BrClO2. The fraction of sp³-hybridized carbons (Fsp3) is 0.200. The topological polar surface area (TPSA) is 18.5 Å². The van der Waals surface area contributed by atoms with Gasteiger partial charge in [0.1, 0.15) is 11.5 Å². The largest absolute Gasteiger partial charge is 0.457 e. The lowest BCUT2D eigenvalue weighted by Crippen LogP contribution is -1.92. The Kier molecular flexibility index (Phi) is 5.25. The van der Waals surface area contributed by atoms with Gasteiger partial charge in [-0.1, -0.05) is 39.7 Å². The van der Waals surface area contributed by atoms with Crippen LogP contribution in [0.3, 0.4) is 0 Å². The smallest absolute Gasteiger partial charge is 0.131 e. The maximum absolute atomic E-state index is 5.97. The molecule has 2 nitrogen and oxygen atoms in total. The van der Waals surface area contributed by atoms with Crippen LogP contribution in [0, 0.1) is 0 Å². The van der Waals surface area contributed by atoms with Gasteiger partial charge in [-0.05, 0) is 35.9 Å². The summed E-state index contributed by atoms with van der Waals surface area (Å²) in [6.07, 6.45) is 0. The van der Waals surface area contributed by atoms with Crippen molar-refractivity contribution in [1.82, 2.24) is 0 Å². The predicted molar refractivity (Wildman–Crippen MR) is 81.3 cm³/mol. The van der Waals surface area contributed by atoms with Gasteiger partial charge in [0, 0.05) is 23.0 Å². The highest BCUT2D eigenvalue weighted by molar-refractivity contribution is 9.08. The molecule has 0 atom stereocenters. The molecule has 0 spiro atoms. The molecule has 0 N–H and O–H groups in total. The minimum atomic E-state index is 0.573. The van der Waals surface area contributed by atoms with Crippen molar-refractivity contribution in [1.29, 1.82) is 0 Å². The molecule has 0 fully saturated rings. The molecule has 0 amide bonds. The van der Waals surface area contributed by atoms with Crippen LogP contribution in [0.15, 0.2) is 42.5 Å². The molecule has 19 heavy (non-hydrogen) atoms. The van der Waals surface area contributed by atoms with Crippen molar-refractivity contribution >= 4 is 27.5 Å². The van der Waals surface area contributed by atoms with Gasteiger partial charge in [-0.3, -0.25) is 0 Å². The normalized spacial score (nSPS) is 10.5. The SMILES string of the molecule is COCc1cccc(Oc2ccc(Cl)cc2CBr)c1. The van der Waals surface area contributed by atoms with E-state index >= 15 is 0 Å². The van der Waals surface area contributed by atoms with Crippen molar-refractivity contribution in [2.45, 2.75) is 11.9 Å². The van der Waals surface area contributed by atoms with E-state index in [0.717, 1.165) is 22.6 Å². The molecular weight excluding hydrogens is 328 g/mol. The number of halogens is 2. The van der Waals surface area contributed by atoms with E-state index in [0.29, 0.717) is 17.0 Å². The average molecular weight is 342 g/mol. The molecule has 0 aliphatic rings. The first-order valence-electron chi connectivity index (χ1n) is 5.83. The van der Waals surface area contributed by atoms with Crippen LogP contribution >= 0.6 is 27.5 Å². The lowest BCUT2D eigenvalue weighted by atomic mass is 10.2. The van der Waals surface area contributed by atoms with Gasteiger partial charge in [0.2, 0.25) is 0 Å². The number of benzene rings is 2. The Morgan fingerprint density at radius 2 is 2.00 bits per heavy atom. The summed E-state index contributed by atoms with van der Waals surface area (Å²) in [4.78, 5) is 0. The van der Waals surface area contributed by atoms with E-state index < -0.39 is 0 Å². The van der Waals surface area contributed by atoms with Gasteiger partial charge in [-0.25, -0.2) is 0 Å². The van der Waals surface area contributed by atoms with Crippen LogP contribution in [0.1, 0.15) is 11.1 Å². The van der Waals surface area contributed by atoms with Gasteiger partial charge in [0.25, 0.3) is 0 Å². The Morgan fingerprint density at radius 1 is 1.16 bits per heavy atom. The van der Waals surface area contributed by atoms with E-state index in [1.54, 1.807) is 7.11 Å². The first kappa shape index (κ1) is 14.4. The number of rotatable bonds is 5. The third-order valence-corrected chi connectivity index (χ3v) is 3.44. The van der Waals surface area contributed by atoms with Gasteiger partial charge in [-0.2, -0.15) is 0 Å². The number of hydrogen-bond donors (Lipinski definition) is 0. The summed E-state index contributed by atoms with van der Waals surface area (Å²) >= 11 is 9.41. The summed E-state index contributed by atoms with van der Waals surface area (Å²) in [6, 6.07) is 13.4. The average Bonchev–Trinajstić information content (AvgIpc) is 2.41. The molecule has 2 rings (SSSR count). The quantitative estimate of drug-likeness (QED) is 0.698. The Balaban J connectivity index is 2.23. The number of ether oxygens (including phenoxy) is 2. The lowest BCUT2D eigenvalue weighted by molar-refractivity contribution is 0.184. The van der Waals surface area contributed by atoms with Crippen molar-refractivity contribution in [2.75, 3.05) is 7.11 Å². The van der Waals surface area contributed by atoms with Gasteiger partial charge in [-0.15, -0.1) is 0 Å². The number of hydrogen-bond acceptors (Lipinski definition) is 2. The summed E-state index contributed by atoms with van der Waals surface area (Å²) in [5.41, 5.74) is 2.10. The third-order valence-electron chi connectivity index (χ3n) is 2.60. The van der Waals surface area contributed by atoms with E-state index in [9.17, 15) is 0 Å². The Labute approximate surface area is 126 Å². The highest BCUT2D eigenvalue weighted by Gasteiger charge is 2.05. The minimum Gasteiger partial charge on any atom is -0.457 e. The molecule has 0 aromatic heterocycles. The molecule has 100 valence electrons. The lowest BCUT2D eigenvalue weighted by Gasteiger charge is -2.11. The molecule has 0 aliphatic carbocycles. The molecule has 0 radical (unpaired) electrons. The van der Waals surface area contributed by atoms with Crippen molar-refractivity contribution in [2.24, 2.45) is 0 Å². The summed E-state index contributed by atoms with van der Waals surface area (Å²) in [5.74, 6) is 1.59. The minimum absolute atomic E-state index is 0.573. The Bertz CT molecular complexity index is 558. The fourth-order valence-corrected chi connectivity index (χ4v) is 2.38. The molecule has 0 aliphatic heterocycles. The van der Waals surface area contributed by atoms with Crippen LogP contribution in [-0.4, -0.2) is 7.11 Å². The van der Waals surface area contributed by atoms with E-state index in [1.165, 1.54) is 0 Å². The second kappa shape index (κ2) is 6.94. The van der Waals surface area contributed by atoms with Crippen molar-refractivity contribution in [3.05, 3.63) is 58.6 Å².